The van der Waals surface area contributed by atoms with Gasteiger partial charge >= 0.3 is 0 Å². The van der Waals surface area contributed by atoms with Gasteiger partial charge in [-0.2, -0.15) is 0 Å². The molecule has 1 N–H and O–H groups in total. The van der Waals surface area contributed by atoms with Crippen molar-refractivity contribution >= 4 is 11.6 Å². The van der Waals surface area contributed by atoms with Crippen LogP contribution in [0.4, 0.5) is 10.1 Å². The lowest BCUT2D eigenvalue weighted by Gasteiger charge is -2.35. The molecule has 1 amide bonds. The lowest BCUT2D eigenvalue weighted by Crippen LogP contribution is -2.46. The summed E-state index contributed by atoms with van der Waals surface area (Å²) in [5.74, 6) is 0.474. The van der Waals surface area contributed by atoms with Crippen LogP contribution in [0.2, 0.25) is 0 Å². The van der Waals surface area contributed by atoms with Crippen molar-refractivity contribution < 1.29 is 9.18 Å². The Morgan fingerprint density at radius 1 is 1.11 bits per heavy atom. The van der Waals surface area contributed by atoms with Gasteiger partial charge in [-0.1, -0.05) is 30.3 Å². The third kappa shape index (κ3) is 4.95. The van der Waals surface area contributed by atoms with E-state index in [9.17, 15) is 9.18 Å². The summed E-state index contributed by atoms with van der Waals surface area (Å²) in [7, 11) is 0. The van der Waals surface area contributed by atoms with Gasteiger partial charge in [0.1, 0.15) is 5.82 Å². The van der Waals surface area contributed by atoms with E-state index in [1.807, 2.05) is 51.1 Å². The Morgan fingerprint density at radius 2 is 1.70 bits per heavy atom. The number of benzene rings is 2. The topological polar surface area (TPSA) is 32.3 Å². The Bertz CT molecular complexity index is 759. The van der Waals surface area contributed by atoms with Crippen LogP contribution in [0.5, 0.6) is 0 Å². The van der Waals surface area contributed by atoms with Gasteiger partial charge < -0.3 is 5.32 Å². The van der Waals surface area contributed by atoms with E-state index in [4.69, 9.17) is 0 Å². The van der Waals surface area contributed by atoms with Crippen molar-refractivity contribution in [2.75, 3.05) is 18.4 Å². The first-order valence-electron chi connectivity index (χ1n) is 9.79. The van der Waals surface area contributed by atoms with Crippen LogP contribution in [-0.4, -0.2) is 29.9 Å². The molecule has 1 heterocycles. The molecule has 2 aromatic rings. The zero-order valence-corrected chi connectivity index (χ0v) is 16.5. The lowest BCUT2D eigenvalue weighted by molar-refractivity contribution is -0.121. The molecule has 0 radical (unpaired) electrons. The molecule has 0 saturated carbocycles. The Balaban J connectivity index is 1.52. The highest BCUT2D eigenvalue weighted by Gasteiger charge is 2.27. The number of para-hydroxylation sites is 1. The number of rotatable bonds is 5. The number of hydrogen-bond donors (Lipinski definition) is 1. The molecule has 1 fully saturated rings. The Hall–Kier alpha value is -2.20. The zero-order valence-electron chi connectivity index (χ0n) is 16.5. The number of likely N-dealkylation sites (tertiary alicyclic amines) is 1. The number of aryl methyl sites for hydroxylation is 2. The molecule has 144 valence electrons. The average Bonchev–Trinajstić information content (AvgIpc) is 2.66. The minimum atomic E-state index is -0.183. The van der Waals surface area contributed by atoms with Gasteiger partial charge in [-0.05, 0) is 87.9 Å². The van der Waals surface area contributed by atoms with Crippen LogP contribution in [0.1, 0.15) is 36.5 Å². The molecule has 1 aliphatic heterocycles. The van der Waals surface area contributed by atoms with Crippen molar-refractivity contribution in [3.63, 3.8) is 0 Å². The molecule has 27 heavy (non-hydrogen) atoms. The second-order valence-corrected chi connectivity index (χ2v) is 7.74. The minimum absolute atomic E-state index is 0.0596. The molecule has 1 unspecified atom stereocenters. The predicted octanol–water partition coefficient (Wildman–Crippen LogP) is 4.72. The Kier molecular flexibility index (Phi) is 6.27. The highest BCUT2D eigenvalue weighted by atomic mass is 19.1. The summed E-state index contributed by atoms with van der Waals surface area (Å²) in [4.78, 5) is 15.0. The van der Waals surface area contributed by atoms with E-state index in [-0.39, 0.29) is 17.8 Å². The van der Waals surface area contributed by atoms with Crippen LogP contribution in [0.3, 0.4) is 0 Å². The summed E-state index contributed by atoms with van der Waals surface area (Å²) in [5, 5.41) is 3.12. The lowest BCUT2D eigenvalue weighted by atomic mass is 9.89. The van der Waals surface area contributed by atoms with Crippen molar-refractivity contribution in [2.24, 2.45) is 5.92 Å². The summed E-state index contributed by atoms with van der Waals surface area (Å²) < 4.78 is 13.0. The molecule has 0 bridgehead atoms. The van der Waals surface area contributed by atoms with E-state index in [1.54, 1.807) is 0 Å². The fourth-order valence-electron chi connectivity index (χ4n) is 3.90. The monoisotopic (exact) mass is 368 g/mol. The van der Waals surface area contributed by atoms with Gasteiger partial charge in [0.2, 0.25) is 5.91 Å². The van der Waals surface area contributed by atoms with E-state index in [1.165, 1.54) is 17.7 Å². The molecule has 0 spiro atoms. The van der Waals surface area contributed by atoms with Gasteiger partial charge in [-0.25, -0.2) is 4.39 Å². The third-order valence-corrected chi connectivity index (χ3v) is 5.74. The molecule has 3 nitrogen and oxygen atoms in total. The number of carbonyl (C=O) groups is 1. The number of piperidine rings is 1. The summed E-state index contributed by atoms with van der Waals surface area (Å²) in [5.41, 5.74) is 4.30. The molecule has 1 saturated heterocycles. The molecule has 3 rings (SSSR count). The van der Waals surface area contributed by atoms with Gasteiger partial charge in [0.05, 0.1) is 6.04 Å². The van der Waals surface area contributed by atoms with Crippen LogP contribution >= 0.6 is 0 Å². The fourth-order valence-corrected chi connectivity index (χ4v) is 3.90. The van der Waals surface area contributed by atoms with Crippen molar-refractivity contribution in [3.8, 4) is 0 Å². The normalized spacial score (nSPS) is 16.9. The number of anilines is 1. The van der Waals surface area contributed by atoms with Crippen LogP contribution in [0.25, 0.3) is 0 Å². The summed E-state index contributed by atoms with van der Waals surface area (Å²) in [6, 6.07) is 12.7. The number of amides is 1. The van der Waals surface area contributed by atoms with Gasteiger partial charge in [-0.15, -0.1) is 0 Å². The van der Waals surface area contributed by atoms with Crippen molar-refractivity contribution in [2.45, 2.75) is 46.1 Å². The molecule has 0 aliphatic carbocycles. The highest BCUT2D eigenvalue weighted by Crippen LogP contribution is 2.24. The maximum atomic E-state index is 13.0. The van der Waals surface area contributed by atoms with E-state index in [0.29, 0.717) is 5.92 Å². The van der Waals surface area contributed by atoms with Gasteiger partial charge in [0, 0.05) is 5.69 Å². The van der Waals surface area contributed by atoms with Crippen LogP contribution in [0, 0.1) is 25.6 Å². The van der Waals surface area contributed by atoms with Gasteiger partial charge in [0.15, 0.2) is 0 Å². The van der Waals surface area contributed by atoms with Gasteiger partial charge in [0.25, 0.3) is 0 Å². The Morgan fingerprint density at radius 3 is 2.30 bits per heavy atom. The first-order valence-corrected chi connectivity index (χ1v) is 9.79. The maximum Gasteiger partial charge on any atom is 0.241 e. The zero-order chi connectivity index (χ0) is 19.4. The molecule has 2 aromatic carbocycles. The largest absolute Gasteiger partial charge is 0.324 e. The third-order valence-electron chi connectivity index (χ3n) is 5.74. The van der Waals surface area contributed by atoms with Gasteiger partial charge in [-0.3, -0.25) is 9.69 Å². The second-order valence-electron chi connectivity index (χ2n) is 7.74. The predicted molar refractivity (Wildman–Crippen MR) is 108 cm³/mol. The van der Waals surface area contributed by atoms with Crippen LogP contribution < -0.4 is 5.32 Å². The second kappa shape index (κ2) is 8.66. The SMILES string of the molecule is Cc1cccc(C)c1NC(=O)C(C)N1CCC(Cc2ccc(F)cc2)CC1. The van der Waals surface area contributed by atoms with Crippen molar-refractivity contribution in [1.29, 1.82) is 0 Å². The van der Waals surface area contributed by atoms with Crippen molar-refractivity contribution in [3.05, 3.63) is 65.0 Å². The molecule has 1 aliphatic rings. The quantitative estimate of drug-likeness (QED) is 0.828. The van der Waals surface area contributed by atoms with E-state index in [0.717, 1.165) is 49.2 Å². The maximum absolute atomic E-state index is 13.0. The minimum Gasteiger partial charge on any atom is -0.324 e. The first kappa shape index (κ1) is 19.6. The summed E-state index contributed by atoms with van der Waals surface area (Å²) in [6.07, 6.45) is 3.12. The summed E-state index contributed by atoms with van der Waals surface area (Å²) >= 11 is 0. The number of carbonyl (C=O) groups excluding carboxylic acids is 1. The van der Waals surface area contributed by atoms with E-state index in [2.05, 4.69) is 10.2 Å². The van der Waals surface area contributed by atoms with E-state index < -0.39 is 0 Å². The first-order chi connectivity index (χ1) is 12.9. The number of nitrogens with one attached hydrogen (secondary N) is 1. The Labute approximate surface area is 161 Å². The molecule has 1 atom stereocenters. The highest BCUT2D eigenvalue weighted by molar-refractivity contribution is 5.95. The molecular weight excluding hydrogens is 339 g/mol. The number of halogens is 1. The molecule has 4 heteroatoms. The van der Waals surface area contributed by atoms with E-state index >= 15 is 0 Å². The smallest absolute Gasteiger partial charge is 0.241 e. The number of hydrogen-bond acceptors (Lipinski definition) is 2. The standard InChI is InChI=1S/C23H29FN2O/c1-16-5-4-6-17(2)22(16)25-23(27)18(3)26-13-11-20(12-14-26)15-19-7-9-21(24)10-8-19/h4-10,18,20H,11-15H2,1-3H3,(H,25,27). The average molecular weight is 368 g/mol. The molecular formula is C23H29FN2O. The molecule has 0 aromatic heterocycles. The van der Waals surface area contributed by atoms with Crippen LogP contribution in [0.15, 0.2) is 42.5 Å². The van der Waals surface area contributed by atoms with Crippen molar-refractivity contribution in [1.82, 2.24) is 4.90 Å². The number of nitrogens with zero attached hydrogens (tertiary/aromatic N) is 1. The van der Waals surface area contributed by atoms with Crippen LogP contribution in [-0.2, 0) is 11.2 Å². The fraction of sp³-hybridized carbons (Fsp3) is 0.435. The summed E-state index contributed by atoms with van der Waals surface area (Å²) in [6.45, 7) is 7.88.